The Labute approximate surface area is 122 Å². The summed E-state index contributed by atoms with van der Waals surface area (Å²) in [4.78, 5) is 12.1. The van der Waals surface area contributed by atoms with Crippen LogP contribution in [-0.4, -0.2) is 13.0 Å². The van der Waals surface area contributed by atoms with E-state index in [1.807, 2.05) is 0 Å². The number of amides is 1. The van der Waals surface area contributed by atoms with Gasteiger partial charge in [-0.2, -0.15) is 0 Å². The first-order valence-corrected chi connectivity index (χ1v) is 6.47. The molecule has 0 unspecified atom stereocenters. The highest BCUT2D eigenvalue weighted by Crippen LogP contribution is 2.21. The smallest absolute Gasteiger partial charge is 0.251 e. The van der Waals surface area contributed by atoms with E-state index in [-0.39, 0.29) is 18.0 Å². The predicted molar refractivity (Wildman–Crippen MR) is 79.7 cm³/mol. The number of nitrogens with one attached hydrogen (secondary N) is 1. The Morgan fingerprint density at radius 1 is 1.29 bits per heavy atom. The first-order chi connectivity index (χ1) is 9.99. The second-order valence-corrected chi connectivity index (χ2v) is 4.77. The van der Waals surface area contributed by atoms with Crippen LogP contribution in [0.1, 0.15) is 21.5 Å². The lowest BCUT2D eigenvalue weighted by Crippen LogP contribution is -2.23. The molecule has 0 aliphatic rings. The average Bonchev–Trinajstić information content (AvgIpc) is 2.43. The van der Waals surface area contributed by atoms with Gasteiger partial charge in [0.05, 0.1) is 7.11 Å². The van der Waals surface area contributed by atoms with Crippen molar-refractivity contribution in [3.05, 3.63) is 58.9 Å². The first kappa shape index (κ1) is 14.8. The van der Waals surface area contributed by atoms with Gasteiger partial charge in [0.1, 0.15) is 11.6 Å². The molecular weight excluding hydrogens is 271 g/mol. The number of carbonyl (C=O) groups excluding carboxylic acids is 1. The normalized spacial score (nSPS) is 10.2. The highest BCUT2D eigenvalue weighted by Gasteiger charge is 2.10. The fourth-order valence-corrected chi connectivity index (χ4v) is 2.08. The number of hydrogen-bond acceptors (Lipinski definition) is 3. The molecule has 0 spiro atoms. The Bertz CT molecular complexity index is 651. The maximum Gasteiger partial charge on any atom is 0.251 e. The van der Waals surface area contributed by atoms with E-state index < -0.39 is 5.82 Å². The Morgan fingerprint density at radius 3 is 2.71 bits per heavy atom. The van der Waals surface area contributed by atoms with Crippen molar-refractivity contribution in [2.75, 3.05) is 12.8 Å². The number of methoxy groups -OCH3 is 1. The lowest BCUT2D eigenvalue weighted by Gasteiger charge is -2.11. The molecule has 2 rings (SSSR count). The zero-order chi connectivity index (χ0) is 15.4. The molecule has 0 saturated heterocycles. The Balaban J connectivity index is 2.12. The number of halogens is 1. The van der Waals surface area contributed by atoms with Crippen molar-refractivity contribution in [2.24, 2.45) is 0 Å². The van der Waals surface area contributed by atoms with E-state index in [1.165, 1.54) is 12.1 Å². The molecule has 0 aliphatic carbocycles. The van der Waals surface area contributed by atoms with Gasteiger partial charge in [-0.15, -0.1) is 0 Å². The Hall–Kier alpha value is -2.56. The largest absolute Gasteiger partial charge is 0.496 e. The van der Waals surface area contributed by atoms with E-state index in [9.17, 15) is 9.18 Å². The van der Waals surface area contributed by atoms with Gasteiger partial charge in [-0.3, -0.25) is 4.79 Å². The van der Waals surface area contributed by atoms with E-state index in [4.69, 9.17) is 10.5 Å². The van der Waals surface area contributed by atoms with Gasteiger partial charge >= 0.3 is 0 Å². The standard InChI is InChI=1S/C16H17FN2O2/c1-10-5-11(7-13(17)6-10)16(20)19-9-12-8-14(18)3-4-15(12)21-2/h3-8H,9,18H2,1-2H3,(H,19,20). The van der Waals surface area contributed by atoms with Crippen LogP contribution in [0.25, 0.3) is 0 Å². The fourth-order valence-electron chi connectivity index (χ4n) is 2.08. The van der Waals surface area contributed by atoms with Gasteiger partial charge in [0, 0.05) is 23.4 Å². The van der Waals surface area contributed by atoms with Crippen molar-refractivity contribution in [3.63, 3.8) is 0 Å². The van der Waals surface area contributed by atoms with Crippen LogP contribution in [0.15, 0.2) is 36.4 Å². The third-order valence-electron chi connectivity index (χ3n) is 3.05. The second-order valence-electron chi connectivity index (χ2n) is 4.77. The maximum absolute atomic E-state index is 13.3. The summed E-state index contributed by atoms with van der Waals surface area (Å²) in [6.07, 6.45) is 0. The van der Waals surface area contributed by atoms with Crippen LogP contribution in [0.2, 0.25) is 0 Å². The van der Waals surface area contributed by atoms with Gasteiger partial charge in [0.15, 0.2) is 0 Å². The molecule has 110 valence electrons. The molecule has 0 fully saturated rings. The van der Waals surface area contributed by atoms with E-state index in [0.29, 0.717) is 17.0 Å². The summed E-state index contributed by atoms with van der Waals surface area (Å²) in [5, 5.41) is 2.73. The first-order valence-electron chi connectivity index (χ1n) is 6.47. The maximum atomic E-state index is 13.3. The van der Waals surface area contributed by atoms with Gasteiger partial charge in [0.2, 0.25) is 0 Å². The van der Waals surface area contributed by atoms with Gasteiger partial charge < -0.3 is 15.8 Å². The molecule has 2 aromatic carbocycles. The molecule has 2 aromatic rings. The number of nitrogen functional groups attached to an aromatic ring is 1. The molecule has 0 heterocycles. The molecule has 0 saturated carbocycles. The van der Waals surface area contributed by atoms with Crippen LogP contribution < -0.4 is 15.8 Å². The van der Waals surface area contributed by atoms with Gasteiger partial charge in [-0.1, -0.05) is 0 Å². The summed E-state index contributed by atoms with van der Waals surface area (Å²) < 4.78 is 18.5. The van der Waals surface area contributed by atoms with Crippen molar-refractivity contribution < 1.29 is 13.9 Å². The number of carbonyl (C=O) groups is 1. The minimum Gasteiger partial charge on any atom is -0.496 e. The molecule has 1 amide bonds. The summed E-state index contributed by atoms with van der Waals surface area (Å²) >= 11 is 0. The molecule has 0 aromatic heterocycles. The molecule has 0 radical (unpaired) electrons. The van der Waals surface area contributed by atoms with Gasteiger partial charge in [-0.25, -0.2) is 4.39 Å². The lowest BCUT2D eigenvalue weighted by atomic mass is 10.1. The number of rotatable bonds is 4. The summed E-state index contributed by atoms with van der Waals surface area (Å²) in [7, 11) is 1.55. The number of nitrogens with two attached hydrogens (primary N) is 1. The number of aryl methyl sites for hydroxylation is 1. The van der Waals surface area contributed by atoms with Gasteiger partial charge in [0.25, 0.3) is 5.91 Å². The van der Waals surface area contributed by atoms with Crippen molar-refractivity contribution in [3.8, 4) is 5.75 Å². The number of benzene rings is 2. The third kappa shape index (κ3) is 3.72. The molecule has 21 heavy (non-hydrogen) atoms. The fraction of sp³-hybridized carbons (Fsp3) is 0.188. The van der Waals surface area contributed by atoms with Crippen LogP contribution in [0.3, 0.4) is 0 Å². The summed E-state index contributed by atoms with van der Waals surface area (Å²) in [6.45, 7) is 1.99. The highest BCUT2D eigenvalue weighted by atomic mass is 19.1. The van der Waals surface area contributed by atoms with Crippen LogP contribution in [-0.2, 0) is 6.54 Å². The van der Waals surface area contributed by atoms with Crippen LogP contribution in [0, 0.1) is 12.7 Å². The summed E-state index contributed by atoms with van der Waals surface area (Å²) in [5.74, 6) is -0.135. The number of hydrogen-bond donors (Lipinski definition) is 2. The molecule has 0 bridgehead atoms. The van der Waals surface area contributed by atoms with Crippen molar-refractivity contribution in [2.45, 2.75) is 13.5 Å². The number of ether oxygens (including phenoxy) is 1. The zero-order valence-corrected chi connectivity index (χ0v) is 11.9. The van der Waals surface area contributed by atoms with Crippen molar-refractivity contribution in [1.82, 2.24) is 5.32 Å². The number of anilines is 1. The van der Waals surface area contributed by atoms with E-state index in [1.54, 1.807) is 38.3 Å². The predicted octanol–water partition coefficient (Wildman–Crippen LogP) is 2.65. The van der Waals surface area contributed by atoms with E-state index >= 15 is 0 Å². The van der Waals surface area contributed by atoms with Crippen molar-refractivity contribution in [1.29, 1.82) is 0 Å². The average molecular weight is 288 g/mol. The quantitative estimate of drug-likeness (QED) is 0.850. The minimum absolute atomic E-state index is 0.253. The zero-order valence-electron chi connectivity index (χ0n) is 11.9. The highest BCUT2D eigenvalue weighted by molar-refractivity contribution is 5.94. The van der Waals surface area contributed by atoms with E-state index in [0.717, 1.165) is 5.56 Å². The second kappa shape index (κ2) is 6.26. The summed E-state index contributed by atoms with van der Waals surface area (Å²) in [5.41, 5.74) is 8.05. The lowest BCUT2D eigenvalue weighted by molar-refractivity contribution is 0.0950. The SMILES string of the molecule is COc1ccc(N)cc1CNC(=O)c1cc(C)cc(F)c1. The molecule has 0 atom stereocenters. The van der Waals surface area contributed by atoms with Crippen molar-refractivity contribution >= 4 is 11.6 Å². The molecular formula is C16H17FN2O2. The van der Waals surface area contributed by atoms with Crippen LogP contribution in [0.5, 0.6) is 5.75 Å². The topological polar surface area (TPSA) is 64.3 Å². The van der Waals surface area contributed by atoms with E-state index in [2.05, 4.69) is 5.32 Å². The van der Waals surface area contributed by atoms with Crippen LogP contribution in [0.4, 0.5) is 10.1 Å². The molecule has 0 aliphatic heterocycles. The molecule has 5 heteroatoms. The molecule has 4 nitrogen and oxygen atoms in total. The Kier molecular flexibility index (Phi) is 4.42. The minimum atomic E-state index is -0.429. The summed E-state index contributed by atoms with van der Waals surface area (Å²) in [6, 6.07) is 9.41. The van der Waals surface area contributed by atoms with Crippen LogP contribution >= 0.6 is 0 Å². The van der Waals surface area contributed by atoms with Gasteiger partial charge in [-0.05, 0) is 48.9 Å². The Morgan fingerprint density at radius 2 is 2.05 bits per heavy atom. The molecule has 3 N–H and O–H groups in total. The third-order valence-corrected chi connectivity index (χ3v) is 3.05. The monoisotopic (exact) mass is 288 g/mol.